The summed E-state index contributed by atoms with van der Waals surface area (Å²) in [5, 5.41) is 11.1. The van der Waals surface area contributed by atoms with E-state index in [9.17, 15) is 9.90 Å². The number of fused-ring (bicyclic) bond motifs is 1. The zero-order valence-electron chi connectivity index (χ0n) is 16.4. The summed E-state index contributed by atoms with van der Waals surface area (Å²) in [7, 11) is 0. The monoisotopic (exact) mass is 408 g/mol. The number of piperazine rings is 1. The van der Waals surface area contributed by atoms with Crippen molar-refractivity contribution in [1.82, 2.24) is 9.88 Å². The normalized spacial score (nSPS) is 17.6. The van der Waals surface area contributed by atoms with Crippen LogP contribution in [0.3, 0.4) is 0 Å². The van der Waals surface area contributed by atoms with Crippen LogP contribution in [0.25, 0.3) is 10.2 Å². The molecule has 150 valence electrons. The quantitative estimate of drug-likeness (QED) is 0.722. The Kier molecular flexibility index (Phi) is 4.54. The van der Waals surface area contributed by atoms with Crippen LogP contribution in [0.2, 0.25) is 0 Å². The van der Waals surface area contributed by atoms with Crippen LogP contribution in [0.4, 0.5) is 10.8 Å². The first-order chi connectivity index (χ1) is 14.1. The van der Waals surface area contributed by atoms with E-state index >= 15 is 0 Å². The maximum Gasteiger partial charge on any atom is 0.229 e. The number of aromatic nitrogens is 1. The summed E-state index contributed by atoms with van der Waals surface area (Å²) in [6.07, 6.45) is 0. The molecule has 1 N–H and O–H groups in total. The van der Waals surface area contributed by atoms with Gasteiger partial charge in [-0.1, -0.05) is 29.5 Å². The number of amides is 1. The number of nitrogens with zero attached hydrogens (tertiary/aromatic N) is 4. The smallest absolute Gasteiger partial charge is 0.229 e. The number of phenolic OH excluding ortho intramolecular Hbond substituents is 1. The highest BCUT2D eigenvalue weighted by molar-refractivity contribution is 7.22. The van der Waals surface area contributed by atoms with E-state index in [1.165, 1.54) is 10.3 Å². The highest BCUT2D eigenvalue weighted by atomic mass is 32.1. The number of aryl methyl sites for hydroxylation is 1. The van der Waals surface area contributed by atoms with Crippen molar-refractivity contribution in [3.8, 4) is 5.75 Å². The molecule has 7 heteroatoms. The lowest BCUT2D eigenvalue weighted by Crippen LogP contribution is -2.58. The minimum Gasteiger partial charge on any atom is -0.506 e. The first-order valence-electron chi connectivity index (χ1n) is 10.0. The molecule has 2 aliphatic rings. The number of para-hydroxylation sites is 2. The minimum absolute atomic E-state index is 0.0560. The van der Waals surface area contributed by atoms with Gasteiger partial charge in [-0.15, -0.1) is 0 Å². The van der Waals surface area contributed by atoms with Crippen molar-refractivity contribution < 1.29 is 9.90 Å². The van der Waals surface area contributed by atoms with Crippen molar-refractivity contribution in [2.24, 2.45) is 5.92 Å². The Hall–Kier alpha value is -2.80. The third-order valence-electron chi connectivity index (χ3n) is 5.85. The van der Waals surface area contributed by atoms with Gasteiger partial charge in [-0.25, -0.2) is 4.98 Å². The average molecular weight is 409 g/mol. The molecule has 2 aliphatic heterocycles. The van der Waals surface area contributed by atoms with Gasteiger partial charge in [0.15, 0.2) is 5.13 Å². The number of carbonyl (C=O) groups is 1. The fraction of sp³-hybridized carbons (Fsp3) is 0.364. The van der Waals surface area contributed by atoms with E-state index in [0.717, 1.165) is 42.5 Å². The topological polar surface area (TPSA) is 59.9 Å². The first kappa shape index (κ1) is 18.2. The number of phenols is 1. The molecular formula is C22H24N4O2S. The van der Waals surface area contributed by atoms with Gasteiger partial charge in [0.25, 0.3) is 0 Å². The van der Waals surface area contributed by atoms with E-state index in [0.29, 0.717) is 18.8 Å². The third-order valence-corrected chi connectivity index (χ3v) is 6.93. The molecule has 0 aliphatic carbocycles. The van der Waals surface area contributed by atoms with E-state index in [2.05, 4.69) is 34.9 Å². The lowest BCUT2D eigenvalue weighted by atomic mass is 9.99. The van der Waals surface area contributed by atoms with Gasteiger partial charge in [0.05, 0.1) is 21.8 Å². The van der Waals surface area contributed by atoms with Crippen LogP contribution in [-0.2, 0) is 4.79 Å². The van der Waals surface area contributed by atoms with Gasteiger partial charge in [-0.2, -0.15) is 0 Å². The summed E-state index contributed by atoms with van der Waals surface area (Å²) in [6, 6.07) is 13.7. The molecule has 1 amide bonds. The molecule has 0 saturated carbocycles. The summed E-state index contributed by atoms with van der Waals surface area (Å²) in [5.74, 6) is 0.600. The van der Waals surface area contributed by atoms with E-state index in [1.54, 1.807) is 17.4 Å². The Morgan fingerprint density at radius 1 is 1.07 bits per heavy atom. The standard InChI is InChI=1S/C22H24N4O2S/c1-15-6-7-17-20(12-15)29-22(23-17)26-13-16(14-26)21(28)25-10-8-24(9-11-25)18-4-2-3-5-19(18)27/h2-7,12,16,27H,8-11,13-14H2,1H3. The first-order valence-corrected chi connectivity index (χ1v) is 10.8. The average Bonchev–Trinajstić information content (AvgIpc) is 3.10. The molecule has 0 unspecified atom stereocenters. The fourth-order valence-electron chi connectivity index (χ4n) is 4.10. The highest BCUT2D eigenvalue weighted by Gasteiger charge is 2.37. The van der Waals surface area contributed by atoms with Crippen LogP contribution >= 0.6 is 11.3 Å². The Labute approximate surface area is 174 Å². The summed E-state index contributed by atoms with van der Waals surface area (Å²) >= 11 is 1.70. The second kappa shape index (κ2) is 7.22. The molecule has 5 rings (SSSR count). The maximum atomic E-state index is 12.9. The van der Waals surface area contributed by atoms with Crippen LogP contribution in [0.5, 0.6) is 5.75 Å². The van der Waals surface area contributed by atoms with Crippen LogP contribution in [0, 0.1) is 12.8 Å². The molecule has 2 saturated heterocycles. The zero-order valence-corrected chi connectivity index (χ0v) is 17.2. The molecule has 2 aromatic carbocycles. The summed E-state index contributed by atoms with van der Waals surface area (Å²) in [4.78, 5) is 24.0. The molecule has 6 nitrogen and oxygen atoms in total. The molecule has 0 atom stereocenters. The highest BCUT2D eigenvalue weighted by Crippen LogP contribution is 2.34. The van der Waals surface area contributed by atoms with Gasteiger partial charge in [0.2, 0.25) is 5.91 Å². The number of benzene rings is 2. The number of anilines is 2. The molecule has 1 aromatic heterocycles. The Balaban J connectivity index is 1.17. The third kappa shape index (κ3) is 3.40. The lowest BCUT2D eigenvalue weighted by Gasteiger charge is -2.43. The largest absolute Gasteiger partial charge is 0.506 e. The Bertz CT molecular complexity index is 1050. The van der Waals surface area contributed by atoms with Crippen molar-refractivity contribution in [2.45, 2.75) is 6.92 Å². The number of rotatable bonds is 3. The Morgan fingerprint density at radius 3 is 2.59 bits per heavy atom. The molecular weight excluding hydrogens is 384 g/mol. The number of aromatic hydroxyl groups is 1. The zero-order chi connectivity index (χ0) is 20.0. The maximum absolute atomic E-state index is 12.9. The van der Waals surface area contributed by atoms with Gasteiger partial charge < -0.3 is 19.8 Å². The van der Waals surface area contributed by atoms with Crippen molar-refractivity contribution in [3.63, 3.8) is 0 Å². The summed E-state index contributed by atoms with van der Waals surface area (Å²) < 4.78 is 1.20. The minimum atomic E-state index is 0.0560. The Morgan fingerprint density at radius 2 is 1.83 bits per heavy atom. The second-order valence-electron chi connectivity index (χ2n) is 7.87. The molecule has 29 heavy (non-hydrogen) atoms. The van der Waals surface area contributed by atoms with Crippen LogP contribution in [0.15, 0.2) is 42.5 Å². The summed E-state index contributed by atoms with van der Waals surface area (Å²) in [6.45, 7) is 6.48. The number of thiazole rings is 1. The SMILES string of the molecule is Cc1ccc2nc(N3CC(C(=O)N4CCN(c5ccccc5O)CC4)C3)sc2c1. The van der Waals surface area contributed by atoms with Gasteiger partial charge in [-0.3, -0.25) is 4.79 Å². The van der Waals surface area contributed by atoms with Crippen molar-refractivity contribution in [2.75, 3.05) is 49.1 Å². The number of hydrogen-bond acceptors (Lipinski definition) is 6. The van der Waals surface area contributed by atoms with Crippen molar-refractivity contribution in [3.05, 3.63) is 48.0 Å². The number of hydrogen-bond donors (Lipinski definition) is 1. The second-order valence-corrected chi connectivity index (χ2v) is 8.88. The van der Waals surface area contributed by atoms with Crippen LogP contribution in [-0.4, -0.2) is 60.2 Å². The fourth-order valence-corrected chi connectivity index (χ4v) is 5.19. The summed E-state index contributed by atoms with van der Waals surface area (Å²) in [5.41, 5.74) is 3.12. The van der Waals surface area contributed by atoms with Crippen LogP contribution in [0.1, 0.15) is 5.56 Å². The van der Waals surface area contributed by atoms with Gasteiger partial charge in [-0.05, 0) is 36.8 Å². The molecule has 2 fully saturated rings. The van der Waals surface area contributed by atoms with Gasteiger partial charge in [0, 0.05) is 39.3 Å². The molecule has 3 aromatic rings. The van der Waals surface area contributed by atoms with E-state index < -0.39 is 0 Å². The van der Waals surface area contributed by atoms with Gasteiger partial charge >= 0.3 is 0 Å². The molecule has 3 heterocycles. The predicted molar refractivity (Wildman–Crippen MR) is 117 cm³/mol. The van der Waals surface area contributed by atoms with E-state index in [4.69, 9.17) is 4.98 Å². The molecule has 0 spiro atoms. The van der Waals surface area contributed by atoms with Gasteiger partial charge in [0.1, 0.15) is 5.75 Å². The molecule has 0 bridgehead atoms. The van der Waals surface area contributed by atoms with Crippen molar-refractivity contribution in [1.29, 1.82) is 0 Å². The number of carbonyl (C=O) groups excluding carboxylic acids is 1. The van der Waals surface area contributed by atoms with E-state index in [-0.39, 0.29) is 11.8 Å². The lowest BCUT2D eigenvalue weighted by molar-refractivity contribution is -0.136. The van der Waals surface area contributed by atoms with Crippen LogP contribution < -0.4 is 9.80 Å². The van der Waals surface area contributed by atoms with E-state index in [1.807, 2.05) is 23.1 Å². The van der Waals surface area contributed by atoms with Crippen molar-refractivity contribution >= 4 is 38.3 Å². The molecule has 0 radical (unpaired) electrons. The predicted octanol–water partition coefficient (Wildman–Crippen LogP) is 3.10.